The molecule has 1 aromatic rings. The van der Waals surface area contributed by atoms with Gasteiger partial charge in [0, 0.05) is 18.9 Å². The second-order valence-electron chi connectivity index (χ2n) is 3.01. The molecule has 1 amide bonds. The summed E-state index contributed by atoms with van der Waals surface area (Å²) in [6.45, 7) is 1.19. The van der Waals surface area contributed by atoms with Gasteiger partial charge in [-0.05, 0) is 11.6 Å². The lowest BCUT2D eigenvalue weighted by Crippen LogP contribution is -2.30. The molecular formula is C9H14ClN3O3. The molecule has 7 heteroatoms. The molecule has 0 unspecified atom stereocenters. The van der Waals surface area contributed by atoms with Crippen LogP contribution in [0.15, 0.2) is 12.4 Å². The van der Waals surface area contributed by atoms with Gasteiger partial charge in [-0.15, -0.1) is 0 Å². The van der Waals surface area contributed by atoms with Crippen molar-refractivity contribution in [3.63, 3.8) is 0 Å². The van der Waals surface area contributed by atoms with Gasteiger partial charge in [-0.3, -0.25) is 4.79 Å². The van der Waals surface area contributed by atoms with E-state index >= 15 is 0 Å². The van der Waals surface area contributed by atoms with Gasteiger partial charge in [0.15, 0.2) is 0 Å². The molecule has 0 atom stereocenters. The van der Waals surface area contributed by atoms with E-state index in [-0.39, 0.29) is 30.9 Å². The third kappa shape index (κ3) is 4.61. The number of carbonyl (C=O) groups excluding carboxylic acids is 1. The van der Waals surface area contributed by atoms with Crippen molar-refractivity contribution in [1.29, 1.82) is 0 Å². The van der Waals surface area contributed by atoms with E-state index < -0.39 is 0 Å². The Hall–Kier alpha value is -1.11. The third-order valence-electron chi connectivity index (χ3n) is 1.78. The van der Waals surface area contributed by atoms with E-state index in [9.17, 15) is 4.79 Å². The number of nitrogens with zero attached hydrogens (tertiary/aromatic N) is 2. The zero-order valence-corrected chi connectivity index (χ0v) is 9.48. The first-order valence-electron chi connectivity index (χ1n) is 4.86. The Bertz CT molecular complexity index is 330. The summed E-state index contributed by atoms with van der Waals surface area (Å²) in [6, 6.07) is 0. The summed E-state index contributed by atoms with van der Waals surface area (Å²) in [5.41, 5.74) is 0. The molecule has 0 fully saturated rings. The molecule has 6 nitrogen and oxygen atoms in total. The molecule has 0 spiro atoms. The van der Waals surface area contributed by atoms with Gasteiger partial charge in [-0.25, -0.2) is 4.98 Å². The van der Waals surface area contributed by atoms with Gasteiger partial charge >= 0.3 is 0 Å². The Morgan fingerprint density at radius 1 is 1.62 bits per heavy atom. The SMILES string of the molecule is O=C(Cn1ccnc1Cl)NCCOCCO. The van der Waals surface area contributed by atoms with Crippen LogP contribution in [0.25, 0.3) is 0 Å². The van der Waals surface area contributed by atoms with Gasteiger partial charge in [0.05, 0.1) is 19.8 Å². The van der Waals surface area contributed by atoms with Gasteiger partial charge in [-0.1, -0.05) is 0 Å². The minimum Gasteiger partial charge on any atom is -0.394 e. The Morgan fingerprint density at radius 2 is 2.44 bits per heavy atom. The molecule has 0 saturated carbocycles. The lowest BCUT2D eigenvalue weighted by molar-refractivity contribution is -0.121. The zero-order valence-electron chi connectivity index (χ0n) is 8.73. The van der Waals surface area contributed by atoms with Crippen LogP contribution in [-0.2, 0) is 16.1 Å². The van der Waals surface area contributed by atoms with Crippen LogP contribution in [0.4, 0.5) is 0 Å². The monoisotopic (exact) mass is 247 g/mol. The van der Waals surface area contributed by atoms with Crippen molar-refractivity contribution in [3.05, 3.63) is 17.7 Å². The average molecular weight is 248 g/mol. The summed E-state index contributed by atoms with van der Waals surface area (Å²) in [5, 5.41) is 11.4. The Balaban J connectivity index is 2.14. The maximum absolute atomic E-state index is 11.4. The number of ether oxygens (including phenoxy) is 1. The Kier molecular flexibility index (Phi) is 5.84. The maximum Gasteiger partial charge on any atom is 0.240 e. The zero-order chi connectivity index (χ0) is 11.8. The first kappa shape index (κ1) is 13.0. The molecule has 1 rings (SSSR count). The van der Waals surface area contributed by atoms with Gasteiger partial charge < -0.3 is 19.7 Å². The second-order valence-corrected chi connectivity index (χ2v) is 3.35. The van der Waals surface area contributed by atoms with Crippen LogP contribution in [0.3, 0.4) is 0 Å². The molecule has 0 bridgehead atoms. The van der Waals surface area contributed by atoms with Crippen LogP contribution in [0.2, 0.25) is 5.28 Å². The highest BCUT2D eigenvalue weighted by molar-refractivity contribution is 6.28. The van der Waals surface area contributed by atoms with Gasteiger partial charge in [0.1, 0.15) is 6.54 Å². The van der Waals surface area contributed by atoms with E-state index in [0.29, 0.717) is 13.2 Å². The van der Waals surface area contributed by atoms with E-state index in [1.54, 1.807) is 6.20 Å². The highest BCUT2D eigenvalue weighted by atomic mass is 35.5. The standard InChI is InChI=1S/C9H14ClN3O3/c10-9-12-1-3-13(9)7-8(15)11-2-5-16-6-4-14/h1,3,14H,2,4-7H2,(H,11,15). The molecule has 1 heterocycles. The topological polar surface area (TPSA) is 76.4 Å². The summed E-state index contributed by atoms with van der Waals surface area (Å²) in [5.74, 6) is -0.160. The van der Waals surface area contributed by atoms with Crippen LogP contribution >= 0.6 is 11.6 Å². The number of hydrogen-bond donors (Lipinski definition) is 2. The number of halogens is 1. The predicted molar refractivity (Wildman–Crippen MR) is 58.2 cm³/mol. The fourth-order valence-corrected chi connectivity index (χ4v) is 1.24. The molecule has 16 heavy (non-hydrogen) atoms. The lowest BCUT2D eigenvalue weighted by atomic mass is 10.5. The molecule has 2 N–H and O–H groups in total. The van der Waals surface area contributed by atoms with Crippen molar-refractivity contribution in [3.8, 4) is 0 Å². The van der Waals surface area contributed by atoms with E-state index in [4.69, 9.17) is 21.4 Å². The lowest BCUT2D eigenvalue weighted by Gasteiger charge is -2.06. The molecule has 0 aliphatic heterocycles. The normalized spacial score (nSPS) is 10.4. The molecule has 0 radical (unpaired) electrons. The molecule has 0 aliphatic carbocycles. The maximum atomic E-state index is 11.4. The largest absolute Gasteiger partial charge is 0.394 e. The highest BCUT2D eigenvalue weighted by Gasteiger charge is 2.04. The van der Waals surface area contributed by atoms with E-state index in [2.05, 4.69) is 10.3 Å². The Morgan fingerprint density at radius 3 is 3.06 bits per heavy atom. The van der Waals surface area contributed by atoms with E-state index in [0.717, 1.165) is 0 Å². The number of aromatic nitrogens is 2. The van der Waals surface area contributed by atoms with Gasteiger partial charge in [0.2, 0.25) is 11.2 Å². The summed E-state index contributed by atoms with van der Waals surface area (Å²) in [7, 11) is 0. The number of amides is 1. The smallest absolute Gasteiger partial charge is 0.240 e. The molecule has 0 saturated heterocycles. The quantitative estimate of drug-likeness (QED) is 0.647. The van der Waals surface area contributed by atoms with Crippen molar-refractivity contribution in [2.75, 3.05) is 26.4 Å². The summed E-state index contributed by atoms with van der Waals surface area (Å²) < 4.78 is 6.52. The second kappa shape index (κ2) is 7.21. The van der Waals surface area contributed by atoms with Crippen molar-refractivity contribution >= 4 is 17.5 Å². The molecule has 90 valence electrons. The van der Waals surface area contributed by atoms with Crippen molar-refractivity contribution < 1.29 is 14.6 Å². The number of imidazole rings is 1. The summed E-state index contributed by atoms with van der Waals surface area (Å²) >= 11 is 5.71. The first-order chi connectivity index (χ1) is 7.74. The van der Waals surface area contributed by atoms with Crippen LogP contribution < -0.4 is 5.32 Å². The number of carbonyl (C=O) groups is 1. The van der Waals surface area contributed by atoms with Crippen molar-refractivity contribution in [2.45, 2.75) is 6.54 Å². The fraction of sp³-hybridized carbons (Fsp3) is 0.556. The molecule has 1 aromatic heterocycles. The Labute approximate surface area is 98.2 Å². The molecule has 0 aromatic carbocycles. The van der Waals surface area contributed by atoms with Crippen molar-refractivity contribution in [2.24, 2.45) is 0 Å². The van der Waals surface area contributed by atoms with E-state index in [1.807, 2.05) is 0 Å². The number of hydrogen-bond acceptors (Lipinski definition) is 4. The van der Waals surface area contributed by atoms with E-state index in [1.165, 1.54) is 10.8 Å². The van der Waals surface area contributed by atoms with Crippen molar-refractivity contribution in [1.82, 2.24) is 14.9 Å². The summed E-state index contributed by atoms with van der Waals surface area (Å²) in [4.78, 5) is 15.2. The van der Waals surface area contributed by atoms with Crippen LogP contribution in [0, 0.1) is 0 Å². The number of nitrogens with one attached hydrogen (secondary N) is 1. The van der Waals surface area contributed by atoms with Crippen LogP contribution in [0.1, 0.15) is 0 Å². The molecule has 0 aliphatic rings. The number of aliphatic hydroxyl groups is 1. The average Bonchev–Trinajstić information content (AvgIpc) is 2.64. The van der Waals surface area contributed by atoms with Crippen LogP contribution in [0.5, 0.6) is 0 Å². The predicted octanol–water partition coefficient (Wildman–Crippen LogP) is -0.338. The molecular weight excluding hydrogens is 234 g/mol. The fourth-order valence-electron chi connectivity index (χ4n) is 1.07. The van der Waals surface area contributed by atoms with Crippen LogP contribution in [-0.4, -0.2) is 46.9 Å². The first-order valence-corrected chi connectivity index (χ1v) is 5.23. The summed E-state index contributed by atoms with van der Waals surface area (Å²) in [6.07, 6.45) is 3.16. The number of aliphatic hydroxyl groups excluding tert-OH is 1. The minimum absolute atomic E-state index is 0.0153. The van der Waals surface area contributed by atoms with Gasteiger partial charge in [-0.2, -0.15) is 0 Å². The van der Waals surface area contributed by atoms with Gasteiger partial charge in [0.25, 0.3) is 0 Å². The minimum atomic E-state index is -0.160. The highest BCUT2D eigenvalue weighted by Crippen LogP contribution is 2.03. The number of rotatable bonds is 7. The third-order valence-corrected chi connectivity index (χ3v) is 2.10.